The van der Waals surface area contributed by atoms with Crippen molar-refractivity contribution in [3.63, 3.8) is 0 Å². The second-order valence-electron chi connectivity index (χ2n) is 6.14. The molecule has 0 aliphatic rings. The Morgan fingerprint density at radius 3 is 2.18 bits per heavy atom. The summed E-state index contributed by atoms with van der Waals surface area (Å²) in [6, 6.07) is 19.5. The highest BCUT2D eigenvalue weighted by atomic mass is 31.2. The van der Waals surface area contributed by atoms with E-state index in [1.165, 1.54) is 0 Å². The zero-order valence-corrected chi connectivity index (χ0v) is 15.8. The van der Waals surface area contributed by atoms with Crippen molar-refractivity contribution in [1.82, 2.24) is 5.32 Å². The Labute approximate surface area is 161 Å². The number of benzene rings is 2. The molecule has 0 spiro atoms. The third kappa shape index (κ3) is 5.41. The Morgan fingerprint density at radius 1 is 1.00 bits per heavy atom. The van der Waals surface area contributed by atoms with Crippen molar-refractivity contribution < 1.29 is 23.5 Å². The summed E-state index contributed by atoms with van der Waals surface area (Å²) in [5.41, 5.74) is 1.20. The summed E-state index contributed by atoms with van der Waals surface area (Å²) in [7, 11) is -4.62. The van der Waals surface area contributed by atoms with E-state index in [-0.39, 0.29) is 24.7 Å². The van der Waals surface area contributed by atoms with E-state index >= 15 is 0 Å². The summed E-state index contributed by atoms with van der Waals surface area (Å²) >= 11 is 0. The molecule has 1 aromatic heterocycles. The summed E-state index contributed by atoms with van der Waals surface area (Å²) in [6.45, 7) is 0.381. The molecule has 0 saturated carbocycles. The quantitative estimate of drug-likeness (QED) is 0.498. The molecule has 0 aliphatic carbocycles. The normalized spacial score (nSPS) is 12.5. The molecule has 0 aliphatic heterocycles. The van der Waals surface area contributed by atoms with Crippen molar-refractivity contribution in [2.24, 2.45) is 0 Å². The second kappa shape index (κ2) is 8.99. The standard InChI is InChI=1S/C20H20NO6P/c22-17-11-18(27-14-19(17)26-13-16-9-5-2-6-10-16)20(28(23,24)25)21-12-15-7-3-1-4-8-15/h1-11,14,20-21H,12-13H2,(H2,23,24,25). The van der Waals surface area contributed by atoms with E-state index < -0.39 is 18.8 Å². The van der Waals surface area contributed by atoms with Crippen molar-refractivity contribution in [2.75, 3.05) is 0 Å². The van der Waals surface area contributed by atoms with Gasteiger partial charge < -0.3 is 18.9 Å². The minimum atomic E-state index is -4.62. The van der Waals surface area contributed by atoms with Crippen LogP contribution < -0.4 is 15.5 Å². The molecule has 0 amide bonds. The van der Waals surface area contributed by atoms with Gasteiger partial charge in [-0.1, -0.05) is 60.7 Å². The van der Waals surface area contributed by atoms with Crippen LogP contribution in [-0.2, 0) is 17.7 Å². The monoisotopic (exact) mass is 401 g/mol. The molecule has 1 heterocycles. The van der Waals surface area contributed by atoms with Gasteiger partial charge >= 0.3 is 7.60 Å². The fourth-order valence-corrected chi connectivity index (χ4v) is 3.39. The molecule has 0 saturated heterocycles. The maximum absolute atomic E-state index is 12.3. The van der Waals surface area contributed by atoms with Crippen LogP contribution in [0.2, 0.25) is 0 Å². The van der Waals surface area contributed by atoms with Gasteiger partial charge in [-0.15, -0.1) is 0 Å². The van der Waals surface area contributed by atoms with Crippen molar-refractivity contribution >= 4 is 7.60 Å². The summed E-state index contributed by atoms with van der Waals surface area (Å²) < 4.78 is 22.7. The zero-order chi connectivity index (χ0) is 20.0. The average molecular weight is 401 g/mol. The number of ether oxygens (including phenoxy) is 1. The lowest BCUT2D eigenvalue weighted by atomic mass is 10.2. The number of nitrogens with one attached hydrogen (secondary N) is 1. The lowest BCUT2D eigenvalue weighted by molar-refractivity contribution is 0.285. The molecule has 0 bridgehead atoms. The molecular weight excluding hydrogens is 381 g/mol. The topological polar surface area (TPSA) is 109 Å². The van der Waals surface area contributed by atoms with Crippen LogP contribution in [0, 0.1) is 0 Å². The summed E-state index contributed by atoms with van der Waals surface area (Å²) in [6.07, 6.45) is 1.08. The molecule has 1 unspecified atom stereocenters. The maximum Gasteiger partial charge on any atom is 0.350 e. The minimum absolute atomic E-state index is 0.0277. The van der Waals surface area contributed by atoms with E-state index in [0.29, 0.717) is 0 Å². The van der Waals surface area contributed by atoms with Crippen LogP contribution in [0.25, 0.3) is 0 Å². The van der Waals surface area contributed by atoms with Gasteiger partial charge in [0, 0.05) is 12.6 Å². The van der Waals surface area contributed by atoms with Gasteiger partial charge in [-0.05, 0) is 11.1 Å². The van der Waals surface area contributed by atoms with Crippen LogP contribution in [0.3, 0.4) is 0 Å². The van der Waals surface area contributed by atoms with Crippen molar-refractivity contribution in [2.45, 2.75) is 18.9 Å². The predicted molar refractivity (Wildman–Crippen MR) is 104 cm³/mol. The van der Waals surface area contributed by atoms with Gasteiger partial charge in [0.1, 0.15) is 18.6 Å². The Kier molecular flexibility index (Phi) is 6.44. The van der Waals surface area contributed by atoms with Crippen LogP contribution >= 0.6 is 7.60 Å². The van der Waals surface area contributed by atoms with Crippen molar-refractivity contribution in [1.29, 1.82) is 0 Å². The summed E-state index contributed by atoms with van der Waals surface area (Å²) in [4.78, 5) is 31.7. The molecule has 7 nitrogen and oxygen atoms in total. The van der Waals surface area contributed by atoms with Crippen LogP contribution in [0.1, 0.15) is 22.7 Å². The van der Waals surface area contributed by atoms with Gasteiger partial charge in [-0.3, -0.25) is 14.7 Å². The van der Waals surface area contributed by atoms with Crippen LogP contribution in [0.15, 0.2) is 82.2 Å². The third-order valence-corrected chi connectivity index (χ3v) is 5.11. The lowest BCUT2D eigenvalue weighted by Gasteiger charge is -2.19. The fourth-order valence-electron chi connectivity index (χ4n) is 2.59. The first-order chi connectivity index (χ1) is 13.4. The predicted octanol–water partition coefficient (Wildman–Crippen LogP) is 3.18. The van der Waals surface area contributed by atoms with Gasteiger partial charge in [-0.2, -0.15) is 0 Å². The van der Waals surface area contributed by atoms with Gasteiger partial charge in [0.15, 0.2) is 5.78 Å². The molecular formula is C20H20NO6P. The van der Waals surface area contributed by atoms with Crippen LogP contribution in [0.4, 0.5) is 0 Å². The number of rotatable bonds is 8. The first-order valence-electron chi connectivity index (χ1n) is 8.55. The molecule has 8 heteroatoms. The molecule has 3 aromatic rings. The minimum Gasteiger partial charge on any atom is -0.482 e. The van der Waals surface area contributed by atoms with Gasteiger partial charge in [0.25, 0.3) is 0 Å². The van der Waals surface area contributed by atoms with E-state index in [1.54, 1.807) is 0 Å². The molecule has 0 radical (unpaired) electrons. The average Bonchev–Trinajstić information content (AvgIpc) is 2.68. The van der Waals surface area contributed by atoms with Crippen molar-refractivity contribution in [3.05, 3.63) is 100 Å². The largest absolute Gasteiger partial charge is 0.482 e. The summed E-state index contributed by atoms with van der Waals surface area (Å²) in [5.74, 6) is -1.62. The van der Waals surface area contributed by atoms with Crippen LogP contribution in [0.5, 0.6) is 5.75 Å². The molecule has 1 atom stereocenters. The second-order valence-corrected chi connectivity index (χ2v) is 7.84. The van der Waals surface area contributed by atoms with E-state index in [2.05, 4.69) is 5.32 Å². The maximum atomic E-state index is 12.3. The van der Waals surface area contributed by atoms with E-state index in [1.807, 2.05) is 60.7 Å². The lowest BCUT2D eigenvalue weighted by Crippen LogP contribution is -2.22. The Bertz CT molecular complexity index is 1000. The van der Waals surface area contributed by atoms with E-state index in [4.69, 9.17) is 9.15 Å². The summed E-state index contributed by atoms with van der Waals surface area (Å²) in [5, 5.41) is 2.76. The molecule has 2 aromatic carbocycles. The first kappa shape index (κ1) is 20.0. The third-order valence-electron chi connectivity index (χ3n) is 4.00. The highest BCUT2D eigenvalue weighted by Gasteiger charge is 2.33. The van der Waals surface area contributed by atoms with Gasteiger partial charge in [0.2, 0.25) is 11.2 Å². The SMILES string of the molecule is O=c1cc(C(NCc2ccccc2)P(=O)(O)O)occ1OCc1ccccc1. The van der Waals surface area contributed by atoms with Crippen LogP contribution in [-0.4, -0.2) is 9.79 Å². The van der Waals surface area contributed by atoms with Crippen molar-refractivity contribution in [3.8, 4) is 5.75 Å². The highest BCUT2D eigenvalue weighted by Crippen LogP contribution is 2.49. The molecule has 3 N–H and O–H groups in total. The fraction of sp³-hybridized carbons (Fsp3) is 0.150. The first-order valence-corrected chi connectivity index (χ1v) is 10.2. The van der Waals surface area contributed by atoms with Gasteiger partial charge in [0.05, 0.1) is 0 Å². The number of hydrogen-bond acceptors (Lipinski definition) is 5. The Morgan fingerprint density at radius 2 is 1.61 bits per heavy atom. The Hall–Kier alpha value is -2.70. The van der Waals surface area contributed by atoms with E-state index in [9.17, 15) is 19.1 Å². The smallest absolute Gasteiger partial charge is 0.350 e. The zero-order valence-electron chi connectivity index (χ0n) is 14.9. The number of hydrogen-bond donors (Lipinski definition) is 3. The molecule has 28 heavy (non-hydrogen) atoms. The Balaban J connectivity index is 1.74. The van der Waals surface area contributed by atoms with E-state index in [0.717, 1.165) is 23.5 Å². The van der Waals surface area contributed by atoms with Gasteiger partial charge in [-0.25, -0.2) is 0 Å². The highest BCUT2D eigenvalue weighted by molar-refractivity contribution is 7.52. The molecule has 3 rings (SSSR count). The molecule has 146 valence electrons. The molecule has 0 fully saturated rings.